The molecule has 2 aromatic heterocycles. The summed E-state index contributed by atoms with van der Waals surface area (Å²) in [7, 11) is 0. The van der Waals surface area contributed by atoms with E-state index < -0.39 is 6.61 Å². The van der Waals surface area contributed by atoms with Gasteiger partial charge in [-0.3, -0.25) is 9.48 Å². The van der Waals surface area contributed by atoms with Crippen molar-refractivity contribution in [1.82, 2.24) is 24.6 Å². The summed E-state index contributed by atoms with van der Waals surface area (Å²) in [4.78, 5) is 22.7. The zero-order chi connectivity index (χ0) is 26.8. The Morgan fingerprint density at radius 1 is 1.13 bits per heavy atom. The standard InChI is InChI=1S/C29H27FN6O3/c30-21-5-1-4-19(12-21)15-36-25-10-9-22(13-20(25)14-33-36)34-29-28-24(31-18-32-29)7-2-8-26(28)39-17-23-6-3-11-35(23)27(38)16-37/h1-2,4-5,7-10,12-14,18,23,37H,3,6,11,15-17H2,(H,31,32,34)/t23-/m1/s1. The molecule has 1 aliphatic heterocycles. The lowest BCUT2D eigenvalue weighted by Crippen LogP contribution is -2.40. The van der Waals surface area contributed by atoms with Gasteiger partial charge in [0.25, 0.3) is 0 Å². The topological polar surface area (TPSA) is 105 Å². The minimum absolute atomic E-state index is 0.0905. The van der Waals surface area contributed by atoms with Crippen LogP contribution in [0.3, 0.4) is 0 Å². The second kappa shape index (κ2) is 10.7. The van der Waals surface area contributed by atoms with E-state index in [1.54, 1.807) is 17.2 Å². The van der Waals surface area contributed by atoms with Crippen LogP contribution in [0.4, 0.5) is 15.9 Å². The first-order valence-corrected chi connectivity index (χ1v) is 12.8. The first-order valence-electron chi connectivity index (χ1n) is 12.8. The number of aromatic nitrogens is 4. The van der Waals surface area contributed by atoms with E-state index in [2.05, 4.69) is 20.4 Å². The lowest BCUT2D eigenvalue weighted by Gasteiger charge is -2.24. The molecule has 0 aliphatic carbocycles. The molecule has 3 heterocycles. The Bertz CT molecular complexity index is 1650. The lowest BCUT2D eigenvalue weighted by atomic mass is 10.2. The first kappa shape index (κ1) is 24.7. The van der Waals surface area contributed by atoms with Crippen molar-refractivity contribution in [3.63, 3.8) is 0 Å². The average Bonchev–Trinajstić information content (AvgIpc) is 3.58. The van der Waals surface area contributed by atoms with Gasteiger partial charge < -0.3 is 20.1 Å². The smallest absolute Gasteiger partial charge is 0.248 e. The lowest BCUT2D eigenvalue weighted by molar-refractivity contribution is -0.135. The highest BCUT2D eigenvalue weighted by molar-refractivity contribution is 5.96. The number of nitrogens with zero attached hydrogens (tertiary/aromatic N) is 5. The third-order valence-corrected chi connectivity index (χ3v) is 7.01. The number of ether oxygens (including phenoxy) is 1. The molecular formula is C29H27FN6O3. The Morgan fingerprint density at radius 3 is 2.90 bits per heavy atom. The van der Waals surface area contributed by atoms with Crippen LogP contribution in [-0.4, -0.2) is 61.5 Å². The largest absolute Gasteiger partial charge is 0.491 e. The van der Waals surface area contributed by atoms with Crippen LogP contribution in [0.1, 0.15) is 18.4 Å². The number of fused-ring (bicyclic) bond motifs is 2. The molecule has 198 valence electrons. The van der Waals surface area contributed by atoms with E-state index in [0.29, 0.717) is 31.3 Å². The molecule has 0 bridgehead atoms. The molecule has 2 N–H and O–H groups in total. The normalized spacial score (nSPS) is 15.2. The van der Waals surface area contributed by atoms with E-state index in [4.69, 9.17) is 4.74 Å². The van der Waals surface area contributed by atoms with Crippen LogP contribution in [-0.2, 0) is 11.3 Å². The van der Waals surface area contributed by atoms with Gasteiger partial charge in [-0.2, -0.15) is 5.10 Å². The quantitative estimate of drug-likeness (QED) is 0.311. The maximum Gasteiger partial charge on any atom is 0.248 e. The molecule has 10 heteroatoms. The number of nitrogens with one attached hydrogen (secondary N) is 1. The second-order valence-electron chi connectivity index (χ2n) is 9.56. The Balaban J connectivity index is 1.24. The van der Waals surface area contributed by atoms with Gasteiger partial charge in [0.1, 0.15) is 36.9 Å². The van der Waals surface area contributed by atoms with Crippen LogP contribution >= 0.6 is 0 Å². The van der Waals surface area contributed by atoms with Crippen molar-refractivity contribution in [2.24, 2.45) is 0 Å². The minimum atomic E-state index is -0.499. The van der Waals surface area contributed by atoms with E-state index in [0.717, 1.165) is 45.9 Å². The third-order valence-electron chi connectivity index (χ3n) is 7.01. The second-order valence-corrected chi connectivity index (χ2v) is 9.56. The van der Waals surface area contributed by atoms with Crippen molar-refractivity contribution in [3.05, 3.63) is 84.6 Å². The van der Waals surface area contributed by atoms with Gasteiger partial charge in [-0.15, -0.1) is 0 Å². The van der Waals surface area contributed by atoms with Crippen molar-refractivity contribution >= 4 is 39.2 Å². The average molecular weight is 527 g/mol. The monoisotopic (exact) mass is 526 g/mol. The number of hydrogen-bond acceptors (Lipinski definition) is 7. The molecule has 6 rings (SSSR count). The Kier molecular flexibility index (Phi) is 6.76. The summed E-state index contributed by atoms with van der Waals surface area (Å²) < 4.78 is 21.7. The zero-order valence-corrected chi connectivity index (χ0v) is 21.1. The van der Waals surface area contributed by atoms with Crippen LogP contribution in [0.2, 0.25) is 0 Å². The highest BCUT2D eigenvalue weighted by Crippen LogP contribution is 2.33. The van der Waals surface area contributed by atoms with E-state index in [-0.39, 0.29) is 17.8 Å². The number of halogens is 1. The predicted molar refractivity (Wildman–Crippen MR) is 145 cm³/mol. The molecule has 0 unspecified atom stereocenters. The third kappa shape index (κ3) is 5.10. The van der Waals surface area contributed by atoms with Crippen molar-refractivity contribution in [3.8, 4) is 5.75 Å². The first-order chi connectivity index (χ1) is 19.1. The summed E-state index contributed by atoms with van der Waals surface area (Å²) in [5.74, 6) is 0.661. The van der Waals surface area contributed by atoms with Crippen LogP contribution < -0.4 is 10.1 Å². The van der Waals surface area contributed by atoms with Gasteiger partial charge in [0.05, 0.1) is 35.2 Å². The van der Waals surface area contributed by atoms with Crippen molar-refractivity contribution in [1.29, 1.82) is 0 Å². The van der Waals surface area contributed by atoms with Gasteiger partial charge in [-0.25, -0.2) is 14.4 Å². The van der Waals surface area contributed by atoms with Crippen molar-refractivity contribution < 1.29 is 19.0 Å². The van der Waals surface area contributed by atoms with E-state index in [1.165, 1.54) is 18.5 Å². The molecule has 0 spiro atoms. The molecule has 39 heavy (non-hydrogen) atoms. The summed E-state index contributed by atoms with van der Waals surface area (Å²) >= 11 is 0. The maximum absolute atomic E-state index is 13.6. The molecule has 1 atom stereocenters. The number of carbonyl (C=O) groups is 1. The predicted octanol–water partition coefficient (Wildman–Crippen LogP) is 4.27. The number of benzene rings is 3. The zero-order valence-electron chi connectivity index (χ0n) is 21.1. The van der Waals surface area contributed by atoms with E-state index in [9.17, 15) is 14.3 Å². The highest BCUT2D eigenvalue weighted by atomic mass is 19.1. The fourth-order valence-electron chi connectivity index (χ4n) is 5.14. The molecule has 1 saturated heterocycles. The van der Waals surface area contributed by atoms with Gasteiger partial charge >= 0.3 is 0 Å². The fraction of sp³-hybridized carbons (Fsp3) is 0.241. The number of aliphatic hydroxyl groups excluding tert-OH is 1. The van der Waals surface area contributed by atoms with E-state index >= 15 is 0 Å². The number of rotatable bonds is 8. The molecular weight excluding hydrogens is 499 g/mol. The molecule has 1 amide bonds. The SMILES string of the molecule is O=C(CO)N1CCC[C@@H]1COc1cccc2ncnc(Nc3ccc4c(cnn4Cc4cccc(F)c4)c3)c12. The van der Waals surface area contributed by atoms with Gasteiger partial charge in [0, 0.05) is 17.6 Å². The Morgan fingerprint density at radius 2 is 2.03 bits per heavy atom. The number of carbonyl (C=O) groups excluding carboxylic acids is 1. The number of aliphatic hydroxyl groups is 1. The number of amides is 1. The van der Waals surface area contributed by atoms with Gasteiger partial charge in [0.15, 0.2) is 0 Å². The number of likely N-dealkylation sites (tertiary alicyclic amines) is 1. The Hall–Kier alpha value is -4.57. The summed E-state index contributed by atoms with van der Waals surface area (Å²) in [5.41, 5.74) is 3.31. The number of anilines is 2. The molecule has 0 radical (unpaired) electrons. The summed E-state index contributed by atoms with van der Waals surface area (Å²) in [6, 6.07) is 18.0. The van der Waals surface area contributed by atoms with Gasteiger partial charge in [0.2, 0.25) is 5.91 Å². The van der Waals surface area contributed by atoms with Gasteiger partial charge in [-0.1, -0.05) is 18.2 Å². The highest BCUT2D eigenvalue weighted by Gasteiger charge is 2.29. The van der Waals surface area contributed by atoms with Gasteiger partial charge in [-0.05, 0) is 60.9 Å². The Labute approximate surface area is 223 Å². The maximum atomic E-state index is 13.6. The van der Waals surface area contributed by atoms with Crippen LogP contribution in [0.25, 0.3) is 21.8 Å². The summed E-state index contributed by atoms with van der Waals surface area (Å²) in [6.07, 6.45) is 4.99. The molecule has 5 aromatic rings. The molecule has 1 fully saturated rings. The van der Waals surface area contributed by atoms with Crippen LogP contribution in [0, 0.1) is 5.82 Å². The summed E-state index contributed by atoms with van der Waals surface area (Å²) in [6.45, 7) is 0.907. The molecule has 1 aliphatic rings. The summed E-state index contributed by atoms with van der Waals surface area (Å²) in [5, 5.41) is 18.8. The molecule has 3 aromatic carbocycles. The fourth-order valence-corrected chi connectivity index (χ4v) is 5.14. The van der Waals surface area contributed by atoms with Crippen LogP contribution in [0.15, 0.2) is 73.2 Å². The van der Waals surface area contributed by atoms with Crippen molar-refractivity contribution in [2.75, 3.05) is 25.1 Å². The van der Waals surface area contributed by atoms with Crippen molar-refractivity contribution in [2.45, 2.75) is 25.4 Å². The molecule has 0 saturated carbocycles. The van der Waals surface area contributed by atoms with Crippen LogP contribution in [0.5, 0.6) is 5.75 Å². The van der Waals surface area contributed by atoms with E-state index in [1.807, 2.05) is 47.1 Å². The molecule has 9 nitrogen and oxygen atoms in total. The number of hydrogen-bond donors (Lipinski definition) is 2. The minimum Gasteiger partial charge on any atom is -0.491 e.